The number of halogens is 1. The van der Waals surface area contributed by atoms with Crippen molar-refractivity contribution in [3.63, 3.8) is 0 Å². The lowest BCUT2D eigenvalue weighted by Gasteiger charge is -2.21. The van der Waals surface area contributed by atoms with Gasteiger partial charge in [0, 0.05) is 9.92 Å². The predicted molar refractivity (Wildman–Crippen MR) is 74.2 cm³/mol. The van der Waals surface area contributed by atoms with E-state index in [0.29, 0.717) is 0 Å². The van der Waals surface area contributed by atoms with Gasteiger partial charge in [0.15, 0.2) is 0 Å². The molecule has 0 aliphatic heterocycles. The van der Waals surface area contributed by atoms with Gasteiger partial charge in [0.25, 0.3) is 0 Å². The van der Waals surface area contributed by atoms with Crippen LogP contribution in [0.3, 0.4) is 0 Å². The predicted octanol–water partition coefficient (Wildman–Crippen LogP) is 4.20. The average Bonchev–Trinajstić information content (AvgIpc) is 2.27. The molecule has 3 heteroatoms. The van der Waals surface area contributed by atoms with E-state index in [4.69, 9.17) is 17.3 Å². The molecule has 0 aliphatic carbocycles. The second-order valence-electron chi connectivity index (χ2n) is 4.77. The first-order valence-corrected chi connectivity index (χ1v) is 6.98. The third-order valence-electron chi connectivity index (χ3n) is 2.63. The van der Waals surface area contributed by atoms with Crippen molar-refractivity contribution < 1.29 is 0 Å². The van der Waals surface area contributed by atoms with Crippen molar-refractivity contribution in [2.75, 3.05) is 12.3 Å². The molecule has 0 bridgehead atoms. The fraction of sp³-hybridized carbons (Fsp3) is 0.538. The molecule has 1 aromatic carbocycles. The molecule has 0 heterocycles. The van der Waals surface area contributed by atoms with Crippen molar-refractivity contribution in [3.8, 4) is 0 Å². The summed E-state index contributed by atoms with van der Waals surface area (Å²) >= 11 is 7.71. The molecular formula is C13H20ClNS. The lowest BCUT2D eigenvalue weighted by molar-refractivity contribution is 0.345. The highest BCUT2D eigenvalue weighted by molar-refractivity contribution is 7.99. The summed E-state index contributed by atoms with van der Waals surface area (Å²) in [6.07, 6.45) is 2.39. The van der Waals surface area contributed by atoms with E-state index in [1.165, 1.54) is 17.7 Å². The standard InChI is InChI=1S/C13H20ClNS/c1-13(2,10-15)8-3-9-16-12-6-4-11(14)5-7-12/h4-7H,3,8-10,15H2,1-2H3. The number of hydrogen-bond acceptors (Lipinski definition) is 2. The minimum atomic E-state index is 0.278. The monoisotopic (exact) mass is 257 g/mol. The van der Waals surface area contributed by atoms with Crippen molar-refractivity contribution in [2.24, 2.45) is 11.1 Å². The van der Waals surface area contributed by atoms with Gasteiger partial charge in [-0.1, -0.05) is 25.4 Å². The van der Waals surface area contributed by atoms with E-state index in [9.17, 15) is 0 Å². The Kier molecular flexibility index (Phi) is 5.67. The van der Waals surface area contributed by atoms with Crippen LogP contribution in [-0.4, -0.2) is 12.3 Å². The Morgan fingerprint density at radius 2 is 1.88 bits per heavy atom. The van der Waals surface area contributed by atoms with Crippen molar-refractivity contribution >= 4 is 23.4 Å². The molecule has 1 aromatic rings. The molecule has 0 amide bonds. The van der Waals surface area contributed by atoms with Gasteiger partial charge in [0.05, 0.1) is 0 Å². The summed E-state index contributed by atoms with van der Waals surface area (Å²) < 4.78 is 0. The van der Waals surface area contributed by atoms with Gasteiger partial charge >= 0.3 is 0 Å². The Balaban J connectivity index is 2.23. The molecule has 0 aliphatic rings. The van der Waals surface area contributed by atoms with Crippen LogP contribution in [0.15, 0.2) is 29.2 Å². The van der Waals surface area contributed by atoms with Gasteiger partial charge in [-0.05, 0) is 54.8 Å². The molecule has 2 N–H and O–H groups in total. The molecule has 0 radical (unpaired) electrons. The third kappa shape index (κ3) is 5.24. The summed E-state index contributed by atoms with van der Waals surface area (Å²) in [5, 5.41) is 0.800. The maximum Gasteiger partial charge on any atom is 0.0406 e. The van der Waals surface area contributed by atoms with Crippen molar-refractivity contribution in [1.29, 1.82) is 0 Å². The van der Waals surface area contributed by atoms with Gasteiger partial charge in [0.1, 0.15) is 0 Å². The van der Waals surface area contributed by atoms with Crippen LogP contribution < -0.4 is 5.73 Å². The number of hydrogen-bond donors (Lipinski definition) is 1. The zero-order valence-electron chi connectivity index (χ0n) is 10.0. The topological polar surface area (TPSA) is 26.0 Å². The Morgan fingerprint density at radius 3 is 2.44 bits per heavy atom. The van der Waals surface area contributed by atoms with Gasteiger partial charge in [-0.15, -0.1) is 11.8 Å². The number of benzene rings is 1. The summed E-state index contributed by atoms with van der Waals surface area (Å²) in [5.41, 5.74) is 5.97. The maximum atomic E-state index is 5.83. The highest BCUT2D eigenvalue weighted by Crippen LogP contribution is 2.25. The molecule has 0 aromatic heterocycles. The summed E-state index contributed by atoms with van der Waals surface area (Å²) in [4.78, 5) is 1.29. The van der Waals surface area contributed by atoms with Gasteiger partial charge in [-0.3, -0.25) is 0 Å². The first-order chi connectivity index (χ1) is 7.53. The normalized spacial score (nSPS) is 11.8. The van der Waals surface area contributed by atoms with Crippen LogP contribution in [0, 0.1) is 5.41 Å². The van der Waals surface area contributed by atoms with Crippen LogP contribution in [0.4, 0.5) is 0 Å². The Morgan fingerprint density at radius 1 is 1.25 bits per heavy atom. The van der Waals surface area contributed by atoms with E-state index in [1.807, 2.05) is 23.9 Å². The second kappa shape index (κ2) is 6.53. The fourth-order valence-corrected chi connectivity index (χ4v) is 2.35. The molecule has 0 unspecified atom stereocenters. The Hall–Kier alpha value is -0.180. The van der Waals surface area contributed by atoms with Gasteiger partial charge in [-0.25, -0.2) is 0 Å². The van der Waals surface area contributed by atoms with Crippen LogP contribution >= 0.6 is 23.4 Å². The smallest absolute Gasteiger partial charge is 0.0406 e. The summed E-state index contributed by atoms with van der Waals surface area (Å²) in [5.74, 6) is 1.14. The molecule has 1 rings (SSSR count). The summed E-state index contributed by atoms with van der Waals surface area (Å²) in [6.45, 7) is 5.21. The lowest BCUT2D eigenvalue weighted by Crippen LogP contribution is -2.23. The van der Waals surface area contributed by atoms with Crippen LogP contribution in [0.1, 0.15) is 26.7 Å². The molecule has 1 nitrogen and oxygen atoms in total. The molecule has 0 spiro atoms. The van der Waals surface area contributed by atoms with Crippen LogP contribution in [0.5, 0.6) is 0 Å². The van der Waals surface area contributed by atoms with Gasteiger partial charge in [-0.2, -0.15) is 0 Å². The third-order valence-corrected chi connectivity index (χ3v) is 3.98. The summed E-state index contributed by atoms with van der Waals surface area (Å²) in [6, 6.07) is 8.02. The van der Waals surface area contributed by atoms with Gasteiger partial charge in [0.2, 0.25) is 0 Å². The van der Waals surface area contributed by atoms with E-state index in [1.54, 1.807) is 0 Å². The fourth-order valence-electron chi connectivity index (χ4n) is 1.37. The zero-order valence-corrected chi connectivity index (χ0v) is 11.6. The lowest BCUT2D eigenvalue weighted by atomic mass is 9.88. The number of thioether (sulfide) groups is 1. The quantitative estimate of drug-likeness (QED) is 0.611. The second-order valence-corrected chi connectivity index (χ2v) is 6.38. The maximum absolute atomic E-state index is 5.83. The Bertz CT molecular complexity index is 308. The number of rotatable bonds is 6. The minimum absolute atomic E-state index is 0.278. The highest BCUT2D eigenvalue weighted by Gasteiger charge is 2.14. The average molecular weight is 258 g/mol. The van der Waals surface area contributed by atoms with E-state index < -0.39 is 0 Å². The molecule has 0 saturated heterocycles. The van der Waals surface area contributed by atoms with E-state index in [0.717, 1.165) is 17.3 Å². The minimum Gasteiger partial charge on any atom is -0.330 e. The first-order valence-electron chi connectivity index (χ1n) is 5.62. The van der Waals surface area contributed by atoms with Crippen LogP contribution in [0.2, 0.25) is 5.02 Å². The van der Waals surface area contributed by atoms with E-state index in [-0.39, 0.29) is 5.41 Å². The van der Waals surface area contributed by atoms with E-state index >= 15 is 0 Å². The van der Waals surface area contributed by atoms with Crippen LogP contribution in [-0.2, 0) is 0 Å². The van der Waals surface area contributed by atoms with Gasteiger partial charge < -0.3 is 5.73 Å². The van der Waals surface area contributed by atoms with E-state index in [2.05, 4.69) is 26.0 Å². The van der Waals surface area contributed by atoms with Crippen LogP contribution in [0.25, 0.3) is 0 Å². The first kappa shape index (κ1) is 13.9. The zero-order chi connectivity index (χ0) is 12.0. The summed E-state index contributed by atoms with van der Waals surface area (Å²) in [7, 11) is 0. The molecular weight excluding hydrogens is 238 g/mol. The number of nitrogens with two attached hydrogens (primary N) is 1. The van der Waals surface area contributed by atoms with Crippen molar-refractivity contribution in [2.45, 2.75) is 31.6 Å². The van der Waals surface area contributed by atoms with Crippen molar-refractivity contribution in [1.82, 2.24) is 0 Å². The molecule has 0 atom stereocenters. The highest BCUT2D eigenvalue weighted by atomic mass is 35.5. The SMILES string of the molecule is CC(C)(CN)CCCSc1ccc(Cl)cc1. The van der Waals surface area contributed by atoms with Crippen molar-refractivity contribution in [3.05, 3.63) is 29.3 Å². The molecule has 90 valence electrons. The molecule has 16 heavy (non-hydrogen) atoms. The molecule has 0 fully saturated rings. The largest absolute Gasteiger partial charge is 0.330 e. The molecule has 0 saturated carbocycles. The Labute approximate surface area is 108 Å².